The van der Waals surface area contributed by atoms with Gasteiger partial charge in [-0.25, -0.2) is 0 Å². The van der Waals surface area contributed by atoms with Crippen molar-refractivity contribution < 1.29 is 14.4 Å². The van der Waals surface area contributed by atoms with E-state index in [1.165, 1.54) is 6.92 Å². The Hall–Kier alpha value is -3.15. The highest BCUT2D eigenvalue weighted by atomic mass is 16.2. The summed E-state index contributed by atoms with van der Waals surface area (Å²) in [5.41, 5.74) is 2.56. The van der Waals surface area contributed by atoms with Gasteiger partial charge in [0.25, 0.3) is 5.91 Å². The zero-order valence-corrected chi connectivity index (χ0v) is 15.6. The second-order valence-electron chi connectivity index (χ2n) is 7.52. The second-order valence-corrected chi connectivity index (χ2v) is 7.52. The molecule has 27 heavy (non-hydrogen) atoms. The van der Waals surface area contributed by atoms with E-state index in [1.54, 1.807) is 48.5 Å². The van der Waals surface area contributed by atoms with Crippen LogP contribution in [-0.2, 0) is 9.59 Å². The Balaban J connectivity index is 1.57. The van der Waals surface area contributed by atoms with Crippen LogP contribution in [0.3, 0.4) is 0 Å². The van der Waals surface area contributed by atoms with Gasteiger partial charge in [0, 0.05) is 35.5 Å². The molecule has 0 bridgehead atoms. The number of rotatable bonds is 5. The van der Waals surface area contributed by atoms with Crippen LogP contribution in [0, 0.1) is 11.3 Å². The summed E-state index contributed by atoms with van der Waals surface area (Å²) >= 11 is 0. The summed E-state index contributed by atoms with van der Waals surface area (Å²) < 4.78 is 0. The van der Waals surface area contributed by atoms with Crippen molar-refractivity contribution in [1.29, 1.82) is 0 Å². The summed E-state index contributed by atoms with van der Waals surface area (Å²) in [7, 11) is 0. The summed E-state index contributed by atoms with van der Waals surface area (Å²) in [6.07, 6.45) is 0.910. The Morgan fingerprint density at radius 1 is 0.815 bits per heavy atom. The van der Waals surface area contributed by atoms with Crippen molar-refractivity contribution in [3.05, 3.63) is 54.1 Å². The van der Waals surface area contributed by atoms with Crippen LogP contribution in [0.15, 0.2) is 48.5 Å². The molecule has 0 aromatic heterocycles. The molecule has 1 saturated carbocycles. The zero-order valence-electron chi connectivity index (χ0n) is 15.6. The molecule has 2 aromatic carbocycles. The van der Waals surface area contributed by atoms with Gasteiger partial charge in [-0.2, -0.15) is 0 Å². The first-order valence-electron chi connectivity index (χ1n) is 8.84. The summed E-state index contributed by atoms with van der Waals surface area (Å²) in [6.45, 7) is 5.59. The summed E-state index contributed by atoms with van der Waals surface area (Å²) in [5.74, 6) is -0.307. The molecule has 6 heteroatoms. The first-order valence-corrected chi connectivity index (χ1v) is 8.84. The highest BCUT2D eigenvalue weighted by Gasteiger charge is 2.50. The lowest BCUT2D eigenvalue weighted by Gasteiger charge is -2.09. The lowest BCUT2D eigenvalue weighted by atomic mass is 10.1. The van der Waals surface area contributed by atoms with Crippen LogP contribution in [0.4, 0.5) is 17.1 Å². The molecule has 3 amide bonds. The normalized spacial score (nSPS) is 16.9. The lowest BCUT2D eigenvalue weighted by molar-refractivity contribution is -0.118. The van der Waals surface area contributed by atoms with Crippen LogP contribution >= 0.6 is 0 Å². The van der Waals surface area contributed by atoms with E-state index in [4.69, 9.17) is 0 Å². The minimum absolute atomic E-state index is 0.0380. The molecular weight excluding hydrogens is 342 g/mol. The van der Waals surface area contributed by atoms with Gasteiger partial charge in [0.2, 0.25) is 11.8 Å². The fourth-order valence-electron chi connectivity index (χ4n) is 2.89. The number of carbonyl (C=O) groups excluding carboxylic acids is 3. The maximum Gasteiger partial charge on any atom is 0.255 e. The van der Waals surface area contributed by atoms with Crippen LogP contribution in [-0.4, -0.2) is 17.7 Å². The Morgan fingerprint density at radius 3 is 1.74 bits per heavy atom. The largest absolute Gasteiger partial charge is 0.326 e. The zero-order chi connectivity index (χ0) is 19.6. The van der Waals surface area contributed by atoms with Crippen LogP contribution < -0.4 is 16.0 Å². The van der Waals surface area contributed by atoms with Crippen molar-refractivity contribution in [3.8, 4) is 0 Å². The predicted molar refractivity (Wildman–Crippen MR) is 106 cm³/mol. The Kier molecular flexibility index (Phi) is 4.99. The van der Waals surface area contributed by atoms with Crippen molar-refractivity contribution in [3.63, 3.8) is 0 Å². The van der Waals surface area contributed by atoms with Gasteiger partial charge in [-0.1, -0.05) is 13.8 Å². The molecule has 0 heterocycles. The highest BCUT2D eigenvalue weighted by molar-refractivity contribution is 6.05. The predicted octanol–water partition coefficient (Wildman–Crippen LogP) is 3.88. The molecule has 6 nitrogen and oxygen atoms in total. The number of hydrogen-bond donors (Lipinski definition) is 3. The fourth-order valence-corrected chi connectivity index (χ4v) is 2.89. The smallest absolute Gasteiger partial charge is 0.255 e. The number of carbonyl (C=O) groups is 3. The molecule has 3 rings (SSSR count). The van der Waals surface area contributed by atoms with E-state index in [0.29, 0.717) is 22.6 Å². The van der Waals surface area contributed by atoms with E-state index in [-0.39, 0.29) is 29.1 Å². The van der Waals surface area contributed by atoms with Crippen LogP contribution in [0.2, 0.25) is 0 Å². The Labute approximate surface area is 158 Å². The van der Waals surface area contributed by atoms with Gasteiger partial charge in [0.15, 0.2) is 0 Å². The Bertz CT molecular complexity index is 871. The van der Waals surface area contributed by atoms with E-state index in [0.717, 1.165) is 6.42 Å². The number of anilines is 3. The molecule has 2 aromatic rings. The molecular formula is C21H23N3O3. The van der Waals surface area contributed by atoms with Gasteiger partial charge in [0.05, 0.1) is 0 Å². The van der Waals surface area contributed by atoms with Crippen LogP contribution in [0.1, 0.15) is 37.6 Å². The van der Waals surface area contributed by atoms with Crippen molar-refractivity contribution >= 4 is 34.8 Å². The molecule has 0 spiro atoms. The molecule has 1 aliphatic carbocycles. The minimum atomic E-state index is -0.249. The number of benzene rings is 2. The van der Waals surface area contributed by atoms with Crippen molar-refractivity contribution in [2.45, 2.75) is 27.2 Å². The quantitative estimate of drug-likeness (QED) is 0.751. The van der Waals surface area contributed by atoms with E-state index in [9.17, 15) is 14.4 Å². The van der Waals surface area contributed by atoms with Gasteiger partial charge in [-0.3, -0.25) is 14.4 Å². The average molecular weight is 365 g/mol. The first-order chi connectivity index (χ1) is 12.7. The topological polar surface area (TPSA) is 87.3 Å². The van der Waals surface area contributed by atoms with E-state index in [2.05, 4.69) is 29.8 Å². The molecule has 1 atom stereocenters. The number of hydrogen-bond acceptors (Lipinski definition) is 3. The number of amides is 3. The van der Waals surface area contributed by atoms with Crippen LogP contribution in [0.25, 0.3) is 0 Å². The third-order valence-corrected chi connectivity index (χ3v) is 4.71. The molecule has 0 aliphatic heterocycles. The number of nitrogens with one attached hydrogen (secondary N) is 3. The minimum Gasteiger partial charge on any atom is -0.326 e. The third-order valence-electron chi connectivity index (χ3n) is 4.71. The summed E-state index contributed by atoms with van der Waals surface area (Å²) in [5, 5.41) is 8.37. The third kappa shape index (κ3) is 4.73. The van der Waals surface area contributed by atoms with Crippen molar-refractivity contribution in [2.75, 3.05) is 16.0 Å². The molecule has 1 fully saturated rings. The fraction of sp³-hybridized carbons (Fsp3) is 0.286. The SMILES string of the molecule is CC(=O)Nc1ccc(C(=O)Nc2ccc(NC(=O)C3CC3(C)C)cc2)cc1. The maximum atomic E-state index is 12.3. The second kappa shape index (κ2) is 7.23. The standard InChI is InChI=1S/C21H23N3O3/c1-13(25)22-15-6-4-14(5-7-15)19(26)23-16-8-10-17(11-9-16)24-20(27)18-12-21(18,2)3/h4-11,18H,12H2,1-3H3,(H,22,25)(H,23,26)(H,24,27). The maximum absolute atomic E-state index is 12.3. The van der Waals surface area contributed by atoms with E-state index >= 15 is 0 Å². The first kappa shape index (κ1) is 18.6. The molecule has 0 saturated heterocycles. The molecule has 3 N–H and O–H groups in total. The summed E-state index contributed by atoms with van der Waals surface area (Å²) in [4.78, 5) is 35.5. The van der Waals surface area contributed by atoms with Crippen molar-refractivity contribution in [1.82, 2.24) is 0 Å². The monoisotopic (exact) mass is 365 g/mol. The Morgan fingerprint density at radius 2 is 1.26 bits per heavy atom. The van der Waals surface area contributed by atoms with E-state index < -0.39 is 0 Å². The van der Waals surface area contributed by atoms with Gasteiger partial charge < -0.3 is 16.0 Å². The van der Waals surface area contributed by atoms with Gasteiger partial charge in [-0.15, -0.1) is 0 Å². The van der Waals surface area contributed by atoms with Gasteiger partial charge in [0.1, 0.15) is 0 Å². The lowest BCUT2D eigenvalue weighted by Crippen LogP contribution is -2.16. The molecule has 1 aliphatic rings. The molecule has 140 valence electrons. The average Bonchev–Trinajstić information content (AvgIpc) is 3.25. The van der Waals surface area contributed by atoms with Crippen molar-refractivity contribution in [2.24, 2.45) is 11.3 Å². The van der Waals surface area contributed by atoms with Gasteiger partial charge >= 0.3 is 0 Å². The molecule has 0 radical (unpaired) electrons. The highest BCUT2D eigenvalue weighted by Crippen LogP contribution is 2.51. The van der Waals surface area contributed by atoms with Crippen LogP contribution in [0.5, 0.6) is 0 Å². The van der Waals surface area contributed by atoms with Gasteiger partial charge in [-0.05, 0) is 60.4 Å². The summed E-state index contributed by atoms with van der Waals surface area (Å²) in [6, 6.07) is 13.7. The molecule has 1 unspecified atom stereocenters. The van der Waals surface area contributed by atoms with E-state index in [1.807, 2.05) is 0 Å².